The minimum atomic E-state index is -1.20. The van der Waals surface area contributed by atoms with Crippen LogP contribution in [0.2, 0.25) is 0 Å². The number of carbonyl (C=O) groups excluding carboxylic acids is 1. The number of piperidine rings is 1. The van der Waals surface area contributed by atoms with Gasteiger partial charge in [-0.3, -0.25) is 4.79 Å². The molecule has 2 bridgehead atoms. The maximum atomic E-state index is 12.2. The number of nitrogens with zero attached hydrogens (tertiary/aromatic N) is 1. The Morgan fingerprint density at radius 2 is 1.74 bits per heavy atom. The van der Waals surface area contributed by atoms with Crippen molar-refractivity contribution in [3.63, 3.8) is 0 Å². The van der Waals surface area contributed by atoms with Crippen LogP contribution in [0.25, 0.3) is 0 Å². The van der Waals surface area contributed by atoms with E-state index in [9.17, 15) is 14.7 Å². The first-order valence-corrected chi connectivity index (χ1v) is 6.66. The first-order chi connectivity index (χ1) is 8.62. The minimum absolute atomic E-state index is 0.116. The first kappa shape index (κ1) is 14.1. The number of rotatable bonds is 1. The monoisotopic (exact) mass is 270 g/mol. The fourth-order valence-corrected chi connectivity index (χ4v) is 3.07. The third kappa shape index (κ3) is 2.68. The van der Waals surface area contributed by atoms with Crippen LogP contribution in [0.5, 0.6) is 0 Å². The topological polar surface area (TPSA) is 92.9 Å². The van der Waals surface area contributed by atoms with Crippen molar-refractivity contribution in [1.29, 1.82) is 0 Å². The van der Waals surface area contributed by atoms with Gasteiger partial charge in [0.25, 0.3) is 0 Å². The molecular formula is C13H22N2O4. The Balaban J connectivity index is 2.12. The number of carbonyl (C=O) groups is 2. The molecular weight excluding hydrogens is 248 g/mol. The molecule has 2 atom stereocenters. The number of hydrogen-bond donors (Lipinski definition) is 2. The fourth-order valence-electron chi connectivity index (χ4n) is 3.07. The summed E-state index contributed by atoms with van der Waals surface area (Å²) in [4.78, 5) is 25.1. The normalized spacial score (nSPS) is 34.2. The highest BCUT2D eigenvalue weighted by Crippen LogP contribution is 2.40. The van der Waals surface area contributed by atoms with E-state index in [1.54, 1.807) is 4.90 Å². The zero-order chi connectivity index (χ0) is 14.4. The van der Waals surface area contributed by atoms with Gasteiger partial charge in [0.1, 0.15) is 11.1 Å². The van der Waals surface area contributed by atoms with Gasteiger partial charge in [0, 0.05) is 12.1 Å². The van der Waals surface area contributed by atoms with Crippen molar-refractivity contribution in [1.82, 2.24) is 4.90 Å². The van der Waals surface area contributed by atoms with E-state index in [4.69, 9.17) is 10.5 Å². The predicted octanol–water partition coefficient (Wildman–Crippen LogP) is 1.33. The van der Waals surface area contributed by atoms with E-state index in [2.05, 4.69) is 0 Å². The van der Waals surface area contributed by atoms with Gasteiger partial charge in [-0.25, -0.2) is 4.79 Å². The standard InChI is InChI=1S/C13H22N2O4/c1-12(2,3)19-11(18)15-8-4-5-9(15)7-13(14,6-8)10(16)17/h8-9H,4-7,14H2,1-3H3,(H,16,17). The number of hydrogen-bond acceptors (Lipinski definition) is 4. The van der Waals surface area contributed by atoms with Gasteiger partial charge >= 0.3 is 12.1 Å². The Labute approximate surface area is 112 Å². The summed E-state index contributed by atoms with van der Waals surface area (Å²) in [7, 11) is 0. The molecule has 19 heavy (non-hydrogen) atoms. The van der Waals surface area contributed by atoms with E-state index < -0.39 is 17.1 Å². The Hall–Kier alpha value is -1.30. The van der Waals surface area contributed by atoms with Gasteiger partial charge in [-0.15, -0.1) is 0 Å². The molecule has 2 heterocycles. The third-order valence-electron chi connectivity index (χ3n) is 3.85. The molecule has 6 nitrogen and oxygen atoms in total. The summed E-state index contributed by atoms with van der Waals surface area (Å²) in [6.07, 6.45) is 1.86. The van der Waals surface area contributed by atoms with Crippen LogP contribution in [0, 0.1) is 0 Å². The summed E-state index contributed by atoms with van der Waals surface area (Å²) >= 11 is 0. The zero-order valence-corrected chi connectivity index (χ0v) is 11.7. The fraction of sp³-hybridized carbons (Fsp3) is 0.846. The van der Waals surface area contributed by atoms with Gasteiger partial charge < -0.3 is 20.5 Å². The van der Waals surface area contributed by atoms with Crippen LogP contribution in [-0.4, -0.2) is 45.3 Å². The van der Waals surface area contributed by atoms with E-state index in [1.165, 1.54) is 0 Å². The first-order valence-electron chi connectivity index (χ1n) is 6.66. The zero-order valence-electron chi connectivity index (χ0n) is 11.7. The van der Waals surface area contributed by atoms with Gasteiger partial charge in [0.2, 0.25) is 0 Å². The van der Waals surface area contributed by atoms with Crippen molar-refractivity contribution in [2.75, 3.05) is 0 Å². The largest absolute Gasteiger partial charge is 0.480 e. The lowest BCUT2D eigenvalue weighted by molar-refractivity contribution is -0.146. The van der Waals surface area contributed by atoms with E-state index in [-0.39, 0.29) is 18.2 Å². The third-order valence-corrected chi connectivity index (χ3v) is 3.85. The highest BCUT2D eigenvalue weighted by atomic mass is 16.6. The van der Waals surface area contributed by atoms with E-state index in [1.807, 2.05) is 20.8 Å². The second-order valence-corrected chi connectivity index (χ2v) is 6.64. The second-order valence-electron chi connectivity index (χ2n) is 6.64. The molecule has 108 valence electrons. The van der Waals surface area contributed by atoms with Gasteiger partial charge in [-0.05, 0) is 46.5 Å². The Bertz CT molecular complexity index is 388. The number of carboxylic acid groups (broad SMARTS) is 1. The van der Waals surface area contributed by atoms with Crippen LogP contribution < -0.4 is 5.73 Å². The highest BCUT2D eigenvalue weighted by Gasteiger charge is 2.52. The van der Waals surface area contributed by atoms with Gasteiger partial charge in [-0.1, -0.05) is 0 Å². The summed E-state index contributed by atoms with van der Waals surface area (Å²) < 4.78 is 5.39. The van der Waals surface area contributed by atoms with Crippen molar-refractivity contribution >= 4 is 12.1 Å². The smallest absolute Gasteiger partial charge is 0.410 e. The summed E-state index contributed by atoms with van der Waals surface area (Å²) in [5.41, 5.74) is 4.19. The summed E-state index contributed by atoms with van der Waals surface area (Å²) in [6.45, 7) is 5.46. The average Bonchev–Trinajstić information content (AvgIpc) is 2.49. The molecule has 2 aliphatic rings. The van der Waals surface area contributed by atoms with Crippen LogP contribution in [0.1, 0.15) is 46.5 Å². The van der Waals surface area contributed by atoms with Crippen LogP contribution in [-0.2, 0) is 9.53 Å². The molecule has 2 saturated heterocycles. The number of ether oxygens (including phenoxy) is 1. The quantitative estimate of drug-likeness (QED) is 0.749. The second kappa shape index (κ2) is 4.37. The number of amides is 1. The molecule has 0 saturated carbocycles. The molecule has 2 unspecified atom stereocenters. The summed E-state index contributed by atoms with van der Waals surface area (Å²) in [5.74, 6) is -0.978. The summed E-state index contributed by atoms with van der Waals surface area (Å²) in [5, 5.41) is 9.21. The van der Waals surface area contributed by atoms with Crippen LogP contribution in [0.4, 0.5) is 4.79 Å². The van der Waals surface area contributed by atoms with E-state index in [0.717, 1.165) is 12.8 Å². The number of nitrogens with two attached hydrogens (primary N) is 1. The van der Waals surface area contributed by atoms with E-state index in [0.29, 0.717) is 12.8 Å². The number of fused-ring (bicyclic) bond motifs is 2. The van der Waals surface area contributed by atoms with Crippen molar-refractivity contribution in [3.8, 4) is 0 Å². The van der Waals surface area contributed by atoms with Gasteiger partial charge in [-0.2, -0.15) is 0 Å². The number of aliphatic carboxylic acids is 1. The molecule has 3 N–H and O–H groups in total. The minimum Gasteiger partial charge on any atom is -0.480 e. The lowest BCUT2D eigenvalue weighted by Crippen LogP contribution is -2.61. The van der Waals surface area contributed by atoms with Crippen molar-refractivity contribution in [2.24, 2.45) is 5.73 Å². The molecule has 0 aromatic carbocycles. The molecule has 0 radical (unpaired) electrons. The van der Waals surface area contributed by atoms with Crippen molar-refractivity contribution in [2.45, 2.75) is 69.7 Å². The SMILES string of the molecule is CC(C)(C)OC(=O)N1C2CCC1CC(N)(C(=O)O)C2. The molecule has 6 heteroatoms. The molecule has 0 spiro atoms. The Kier molecular flexibility index (Phi) is 3.24. The van der Waals surface area contributed by atoms with E-state index >= 15 is 0 Å². The molecule has 2 aliphatic heterocycles. The van der Waals surface area contributed by atoms with Crippen LogP contribution in [0.15, 0.2) is 0 Å². The lowest BCUT2D eigenvalue weighted by Gasteiger charge is -2.42. The lowest BCUT2D eigenvalue weighted by atomic mass is 9.84. The average molecular weight is 270 g/mol. The van der Waals surface area contributed by atoms with Crippen LogP contribution >= 0.6 is 0 Å². The van der Waals surface area contributed by atoms with Gasteiger partial charge in [0.05, 0.1) is 0 Å². The maximum absolute atomic E-state index is 12.2. The molecule has 2 fully saturated rings. The predicted molar refractivity (Wildman–Crippen MR) is 68.7 cm³/mol. The van der Waals surface area contributed by atoms with Gasteiger partial charge in [0.15, 0.2) is 0 Å². The molecule has 2 rings (SSSR count). The molecule has 1 amide bonds. The number of carboxylic acids is 1. The molecule has 0 aliphatic carbocycles. The maximum Gasteiger partial charge on any atom is 0.410 e. The molecule has 0 aromatic heterocycles. The molecule has 0 aromatic rings. The Morgan fingerprint density at radius 1 is 1.26 bits per heavy atom. The van der Waals surface area contributed by atoms with Crippen molar-refractivity contribution < 1.29 is 19.4 Å². The summed E-state index contributed by atoms with van der Waals surface area (Å²) in [6, 6.07) is -0.232. The highest BCUT2D eigenvalue weighted by molar-refractivity contribution is 5.80. The van der Waals surface area contributed by atoms with Crippen molar-refractivity contribution in [3.05, 3.63) is 0 Å². The Morgan fingerprint density at radius 3 is 2.11 bits per heavy atom. The van der Waals surface area contributed by atoms with Crippen LogP contribution in [0.3, 0.4) is 0 Å².